The zero-order valence-corrected chi connectivity index (χ0v) is 12.0. The van der Waals surface area contributed by atoms with Gasteiger partial charge in [-0.2, -0.15) is 0 Å². The van der Waals surface area contributed by atoms with Crippen LogP contribution in [-0.2, 0) is 4.74 Å². The minimum absolute atomic E-state index is 0.271. The van der Waals surface area contributed by atoms with E-state index in [2.05, 4.69) is 22.0 Å². The van der Waals surface area contributed by atoms with Crippen LogP contribution in [0.25, 0.3) is 0 Å². The van der Waals surface area contributed by atoms with Crippen LogP contribution in [0.15, 0.2) is 33.6 Å². The lowest BCUT2D eigenvalue weighted by atomic mass is 9.97. The third kappa shape index (κ3) is 3.98. The summed E-state index contributed by atoms with van der Waals surface area (Å²) in [5.41, 5.74) is 0. The highest BCUT2D eigenvalue weighted by molar-refractivity contribution is 9.10. The number of aliphatic hydroxyl groups is 1. The number of ether oxygens (including phenoxy) is 1. The molecule has 17 heavy (non-hydrogen) atoms. The second-order valence-corrected chi connectivity index (χ2v) is 6.20. The molecule has 2 atom stereocenters. The number of halogens is 1. The largest absolute Gasteiger partial charge is 0.392 e. The minimum atomic E-state index is -0.271. The first-order valence-electron chi connectivity index (χ1n) is 5.90. The zero-order chi connectivity index (χ0) is 12.1. The Kier molecular flexibility index (Phi) is 5.35. The van der Waals surface area contributed by atoms with Gasteiger partial charge in [0.25, 0.3) is 0 Å². The molecule has 1 aliphatic rings. The molecule has 0 amide bonds. The molecule has 1 saturated heterocycles. The summed E-state index contributed by atoms with van der Waals surface area (Å²) < 4.78 is 6.50. The van der Waals surface area contributed by atoms with Crippen LogP contribution < -0.4 is 0 Å². The van der Waals surface area contributed by atoms with E-state index in [4.69, 9.17) is 4.74 Å². The van der Waals surface area contributed by atoms with E-state index < -0.39 is 0 Å². The van der Waals surface area contributed by atoms with Crippen LogP contribution >= 0.6 is 27.7 Å². The third-order valence-corrected chi connectivity index (χ3v) is 5.12. The van der Waals surface area contributed by atoms with Gasteiger partial charge in [-0.1, -0.05) is 12.1 Å². The van der Waals surface area contributed by atoms with Gasteiger partial charge in [-0.15, -0.1) is 11.8 Å². The van der Waals surface area contributed by atoms with Gasteiger partial charge in [-0.25, -0.2) is 0 Å². The smallest absolute Gasteiger partial charge is 0.0684 e. The molecule has 1 aromatic rings. The fourth-order valence-corrected chi connectivity index (χ4v) is 3.57. The Labute approximate surface area is 115 Å². The van der Waals surface area contributed by atoms with Crippen LogP contribution in [-0.4, -0.2) is 30.2 Å². The van der Waals surface area contributed by atoms with Crippen LogP contribution in [0, 0.1) is 5.92 Å². The van der Waals surface area contributed by atoms with Crippen molar-refractivity contribution in [3.63, 3.8) is 0 Å². The standard InChI is InChI=1S/C13H17BrO2S/c14-11-5-1-2-6-13(11)17-9-12(15)10-4-3-7-16-8-10/h1-2,5-6,10,12,15H,3-4,7-9H2. The molecule has 1 fully saturated rings. The number of benzene rings is 1. The molecule has 2 nitrogen and oxygen atoms in total. The number of thioether (sulfide) groups is 1. The van der Waals surface area contributed by atoms with Crippen LogP contribution in [0.4, 0.5) is 0 Å². The molecule has 4 heteroatoms. The average Bonchev–Trinajstić information content (AvgIpc) is 2.38. The van der Waals surface area contributed by atoms with E-state index in [0.29, 0.717) is 12.5 Å². The molecular formula is C13H17BrO2S. The molecule has 1 aromatic carbocycles. The second kappa shape index (κ2) is 6.78. The molecular weight excluding hydrogens is 300 g/mol. The molecule has 0 aromatic heterocycles. The van der Waals surface area contributed by atoms with Crippen LogP contribution in [0.5, 0.6) is 0 Å². The Morgan fingerprint density at radius 3 is 3.00 bits per heavy atom. The van der Waals surface area contributed by atoms with Crippen molar-refractivity contribution < 1.29 is 9.84 Å². The van der Waals surface area contributed by atoms with Crippen molar-refractivity contribution in [3.8, 4) is 0 Å². The SMILES string of the molecule is OC(CSc1ccccc1Br)C1CCCOC1. The molecule has 0 saturated carbocycles. The van der Waals surface area contributed by atoms with Crippen molar-refractivity contribution in [1.29, 1.82) is 0 Å². The van der Waals surface area contributed by atoms with Crippen LogP contribution in [0.1, 0.15) is 12.8 Å². The Morgan fingerprint density at radius 1 is 1.47 bits per heavy atom. The van der Waals surface area contributed by atoms with Gasteiger partial charge in [-0.3, -0.25) is 0 Å². The zero-order valence-electron chi connectivity index (χ0n) is 9.64. The predicted octanol–water partition coefficient (Wildman–Crippen LogP) is 3.33. The summed E-state index contributed by atoms with van der Waals surface area (Å²) in [4.78, 5) is 1.18. The molecule has 0 bridgehead atoms. The first-order valence-corrected chi connectivity index (χ1v) is 7.68. The van der Waals surface area contributed by atoms with E-state index in [-0.39, 0.29) is 6.10 Å². The fraction of sp³-hybridized carbons (Fsp3) is 0.538. The Bertz CT molecular complexity index is 353. The van der Waals surface area contributed by atoms with E-state index in [1.54, 1.807) is 11.8 Å². The summed E-state index contributed by atoms with van der Waals surface area (Å²) in [5, 5.41) is 10.1. The molecule has 2 unspecified atom stereocenters. The maximum Gasteiger partial charge on any atom is 0.0684 e. The van der Waals surface area contributed by atoms with Crippen molar-refractivity contribution in [3.05, 3.63) is 28.7 Å². The van der Waals surface area contributed by atoms with Crippen LogP contribution in [0.3, 0.4) is 0 Å². The lowest BCUT2D eigenvalue weighted by Gasteiger charge is -2.26. The highest BCUT2D eigenvalue weighted by atomic mass is 79.9. The molecule has 0 aliphatic carbocycles. The summed E-state index contributed by atoms with van der Waals surface area (Å²) in [6.45, 7) is 1.55. The quantitative estimate of drug-likeness (QED) is 0.864. The molecule has 1 heterocycles. The van der Waals surface area contributed by atoms with Crippen LogP contribution in [0.2, 0.25) is 0 Å². The van der Waals surface area contributed by atoms with Gasteiger partial charge in [0.1, 0.15) is 0 Å². The van der Waals surface area contributed by atoms with Crippen molar-refractivity contribution in [2.45, 2.75) is 23.8 Å². The Morgan fingerprint density at radius 2 is 2.29 bits per heavy atom. The van der Waals surface area contributed by atoms with Crippen molar-refractivity contribution >= 4 is 27.7 Å². The normalized spacial score (nSPS) is 22.4. The van der Waals surface area contributed by atoms with Gasteiger partial charge in [-0.05, 0) is 40.9 Å². The molecule has 1 N–H and O–H groups in total. The number of rotatable bonds is 4. The lowest BCUT2D eigenvalue weighted by molar-refractivity contribution is -0.0000406. The first-order chi connectivity index (χ1) is 8.27. The van der Waals surface area contributed by atoms with E-state index in [1.165, 1.54) is 4.90 Å². The summed E-state index contributed by atoms with van der Waals surface area (Å²) in [7, 11) is 0. The van der Waals surface area contributed by atoms with E-state index in [0.717, 1.165) is 29.7 Å². The molecule has 1 aliphatic heterocycles. The second-order valence-electron chi connectivity index (χ2n) is 4.29. The van der Waals surface area contributed by atoms with Gasteiger partial charge in [0.2, 0.25) is 0 Å². The number of aliphatic hydroxyl groups excluding tert-OH is 1. The minimum Gasteiger partial charge on any atom is -0.392 e. The fourth-order valence-electron chi connectivity index (χ4n) is 1.94. The Hall–Kier alpha value is -0.0300. The van der Waals surface area contributed by atoms with Crippen molar-refractivity contribution in [2.24, 2.45) is 5.92 Å². The maximum absolute atomic E-state index is 10.1. The van der Waals surface area contributed by atoms with Gasteiger partial charge in [0.05, 0.1) is 12.7 Å². The van der Waals surface area contributed by atoms with Gasteiger partial charge in [0.15, 0.2) is 0 Å². The van der Waals surface area contributed by atoms with E-state index >= 15 is 0 Å². The summed E-state index contributed by atoms with van der Waals surface area (Å²) in [5.74, 6) is 1.04. The summed E-state index contributed by atoms with van der Waals surface area (Å²) in [6, 6.07) is 8.11. The van der Waals surface area contributed by atoms with Gasteiger partial charge < -0.3 is 9.84 Å². The molecule has 0 spiro atoms. The maximum atomic E-state index is 10.1. The Balaban J connectivity index is 1.83. The highest BCUT2D eigenvalue weighted by Crippen LogP contribution is 2.29. The van der Waals surface area contributed by atoms with E-state index in [1.807, 2.05) is 18.2 Å². The number of hydrogen-bond donors (Lipinski definition) is 1. The average molecular weight is 317 g/mol. The lowest BCUT2D eigenvalue weighted by Crippen LogP contribution is -2.30. The molecule has 94 valence electrons. The summed E-state index contributed by atoms with van der Waals surface area (Å²) >= 11 is 5.21. The van der Waals surface area contributed by atoms with Crippen molar-refractivity contribution in [1.82, 2.24) is 0 Å². The molecule has 0 radical (unpaired) electrons. The summed E-state index contributed by atoms with van der Waals surface area (Å²) in [6.07, 6.45) is 1.88. The van der Waals surface area contributed by atoms with Gasteiger partial charge in [0, 0.05) is 27.6 Å². The molecule has 2 rings (SSSR count). The van der Waals surface area contributed by atoms with Gasteiger partial charge >= 0.3 is 0 Å². The topological polar surface area (TPSA) is 29.5 Å². The number of hydrogen-bond acceptors (Lipinski definition) is 3. The van der Waals surface area contributed by atoms with E-state index in [9.17, 15) is 5.11 Å². The third-order valence-electron chi connectivity index (χ3n) is 2.99. The highest BCUT2D eigenvalue weighted by Gasteiger charge is 2.22. The monoisotopic (exact) mass is 316 g/mol. The first kappa shape index (κ1) is 13.4. The van der Waals surface area contributed by atoms with Crippen molar-refractivity contribution in [2.75, 3.05) is 19.0 Å². The predicted molar refractivity (Wildman–Crippen MR) is 74.4 cm³/mol.